The van der Waals surface area contributed by atoms with Gasteiger partial charge < -0.3 is 19.4 Å². The van der Waals surface area contributed by atoms with Crippen LogP contribution in [0.1, 0.15) is 18.1 Å². The van der Waals surface area contributed by atoms with Crippen molar-refractivity contribution in [1.82, 2.24) is 4.57 Å². The monoisotopic (exact) mass is 492 g/mol. The number of aliphatic carboxylic acids is 1. The zero-order chi connectivity index (χ0) is 24.8. The number of carboxylic acids is 1. The smallest absolute Gasteiger partial charge is 0.344 e. The summed E-state index contributed by atoms with van der Waals surface area (Å²) < 4.78 is 13.6. The fourth-order valence-electron chi connectivity index (χ4n) is 3.51. The van der Waals surface area contributed by atoms with Crippen LogP contribution in [0.2, 0.25) is 0 Å². The average Bonchev–Trinajstić information content (AvgIpc) is 3.18. The molecule has 1 unspecified atom stereocenters. The molecule has 0 bridgehead atoms. The Morgan fingerprint density at radius 1 is 1.03 bits per heavy atom. The van der Waals surface area contributed by atoms with Gasteiger partial charge in [0.15, 0.2) is 6.10 Å². The van der Waals surface area contributed by atoms with E-state index in [9.17, 15) is 9.59 Å². The second-order valence-electron chi connectivity index (χ2n) is 7.61. The van der Waals surface area contributed by atoms with E-state index in [2.05, 4.69) is 5.16 Å². The summed E-state index contributed by atoms with van der Waals surface area (Å²) in [5.74, 6) is 0.00150. The number of ether oxygens (including phenoxy) is 2. The first-order valence-corrected chi connectivity index (χ1v) is 11.7. The molecule has 8 nitrogen and oxygen atoms in total. The highest BCUT2D eigenvalue weighted by Gasteiger charge is 2.14. The fourth-order valence-corrected chi connectivity index (χ4v) is 4.47. The number of thiazole rings is 1. The Bertz CT molecular complexity index is 1390. The predicted octanol–water partition coefficient (Wildman–Crippen LogP) is 4.39. The molecule has 180 valence electrons. The molecule has 0 amide bonds. The fraction of sp³-hybridized carbons (Fsp3) is 0.192. The number of oxime groups is 1. The van der Waals surface area contributed by atoms with E-state index in [1.165, 1.54) is 25.4 Å². The molecular formula is C26H24N2O6S. The van der Waals surface area contributed by atoms with E-state index in [-0.39, 0.29) is 4.87 Å². The highest BCUT2D eigenvalue weighted by atomic mass is 32.1. The molecule has 1 aromatic heterocycles. The lowest BCUT2D eigenvalue weighted by Gasteiger charge is -2.11. The van der Waals surface area contributed by atoms with Crippen LogP contribution in [0.5, 0.6) is 11.5 Å². The van der Waals surface area contributed by atoms with Gasteiger partial charge in [-0.1, -0.05) is 52.9 Å². The molecule has 0 saturated heterocycles. The summed E-state index contributed by atoms with van der Waals surface area (Å²) in [5.41, 5.74) is 3.29. The van der Waals surface area contributed by atoms with Gasteiger partial charge in [-0.15, -0.1) is 0 Å². The van der Waals surface area contributed by atoms with Crippen LogP contribution in [-0.2, 0) is 16.2 Å². The molecule has 1 heterocycles. The molecule has 0 saturated carbocycles. The number of hydrogen-bond donors (Lipinski definition) is 1. The van der Waals surface area contributed by atoms with Gasteiger partial charge in [-0.2, -0.15) is 0 Å². The number of rotatable bonds is 10. The number of benzene rings is 3. The minimum atomic E-state index is -1.03. The molecule has 0 radical (unpaired) electrons. The maximum atomic E-state index is 12.7. The van der Waals surface area contributed by atoms with E-state index in [0.717, 1.165) is 21.3 Å². The van der Waals surface area contributed by atoms with E-state index in [0.29, 0.717) is 30.4 Å². The van der Waals surface area contributed by atoms with Crippen LogP contribution in [0.4, 0.5) is 0 Å². The van der Waals surface area contributed by atoms with Gasteiger partial charge in [0, 0.05) is 11.1 Å². The summed E-state index contributed by atoms with van der Waals surface area (Å²) in [6.45, 7) is 2.13. The summed E-state index contributed by atoms with van der Waals surface area (Å²) in [4.78, 5) is 28.6. The number of carbonyl (C=O) groups is 1. The summed E-state index contributed by atoms with van der Waals surface area (Å²) in [7, 11) is 1.51. The van der Waals surface area contributed by atoms with Crippen molar-refractivity contribution in [2.45, 2.75) is 19.6 Å². The summed E-state index contributed by atoms with van der Waals surface area (Å²) in [6.07, 6.45) is -0.939. The third-order valence-corrected chi connectivity index (χ3v) is 6.18. The van der Waals surface area contributed by atoms with Gasteiger partial charge in [0.25, 0.3) is 0 Å². The van der Waals surface area contributed by atoms with E-state index in [1.54, 1.807) is 28.8 Å². The highest BCUT2D eigenvalue weighted by molar-refractivity contribution is 7.16. The lowest BCUT2D eigenvalue weighted by Crippen LogP contribution is -2.22. The van der Waals surface area contributed by atoms with Gasteiger partial charge in [-0.05, 0) is 43.3 Å². The molecule has 0 aliphatic heterocycles. The van der Waals surface area contributed by atoms with E-state index in [4.69, 9.17) is 19.4 Å². The molecule has 0 spiro atoms. The third kappa shape index (κ3) is 5.70. The predicted molar refractivity (Wildman–Crippen MR) is 135 cm³/mol. The van der Waals surface area contributed by atoms with Gasteiger partial charge in [-0.3, -0.25) is 9.36 Å². The number of nitrogens with zero attached hydrogens (tertiary/aromatic N) is 2. The largest absolute Gasteiger partial charge is 0.492 e. The normalized spacial score (nSPS) is 12.3. The maximum absolute atomic E-state index is 12.7. The number of carboxylic acid groups (broad SMARTS) is 1. The summed E-state index contributed by atoms with van der Waals surface area (Å²) >= 11 is 1.17. The lowest BCUT2D eigenvalue weighted by atomic mass is 10.0. The van der Waals surface area contributed by atoms with Crippen LogP contribution < -0.4 is 14.3 Å². The average molecular weight is 493 g/mol. The Kier molecular flexibility index (Phi) is 7.47. The first-order chi connectivity index (χ1) is 17.0. The zero-order valence-electron chi connectivity index (χ0n) is 19.2. The molecule has 4 aromatic rings. The van der Waals surface area contributed by atoms with Crippen molar-refractivity contribution in [2.24, 2.45) is 5.16 Å². The summed E-state index contributed by atoms with van der Waals surface area (Å²) in [5, 5.41) is 13.1. The number of aromatic nitrogens is 1. The molecule has 4 rings (SSSR count). The summed E-state index contributed by atoms with van der Waals surface area (Å²) in [6, 6.07) is 22.2. The zero-order valence-corrected chi connectivity index (χ0v) is 20.0. The highest BCUT2D eigenvalue weighted by Crippen LogP contribution is 2.22. The molecule has 0 aliphatic carbocycles. The Morgan fingerprint density at radius 3 is 2.43 bits per heavy atom. The quantitative estimate of drug-likeness (QED) is 0.260. The van der Waals surface area contributed by atoms with Crippen molar-refractivity contribution in [3.05, 3.63) is 93.6 Å². The van der Waals surface area contributed by atoms with Crippen LogP contribution in [0.15, 0.2) is 82.7 Å². The van der Waals surface area contributed by atoms with Gasteiger partial charge in [0.2, 0.25) is 0 Å². The third-order valence-electron chi connectivity index (χ3n) is 5.24. The molecule has 9 heteroatoms. The van der Waals surface area contributed by atoms with Gasteiger partial charge in [0.05, 0.1) is 16.8 Å². The minimum Gasteiger partial charge on any atom is -0.492 e. The Hall–Kier alpha value is -4.11. The molecule has 0 fully saturated rings. The van der Waals surface area contributed by atoms with Crippen molar-refractivity contribution in [1.29, 1.82) is 0 Å². The minimum absolute atomic E-state index is 0.0721. The molecule has 3 aromatic carbocycles. The number of hydrogen-bond acceptors (Lipinski definition) is 7. The molecule has 1 N–H and O–H groups in total. The molecular weight excluding hydrogens is 468 g/mol. The van der Waals surface area contributed by atoms with Crippen LogP contribution >= 0.6 is 11.3 Å². The van der Waals surface area contributed by atoms with E-state index in [1.807, 2.05) is 48.5 Å². The van der Waals surface area contributed by atoms with Crippen LogP contribution in [-0.4, -0.2) is 41.2 Å². The van der Waals surface area contributed by atoms with Gasteiger partial charge >= 0.3 is 10.8 Å². The van der Waals surface area contributed by atoms with Crippen molar-refractivity contribution in [3.8, 4) is 11.5 Å². The number of fused-ring (bicyclic) bond motifs is 1. The lowest BCUT2D eigenvalue weighted by molar-refractivity contribution is -0.144. The van der Waals surface area contributed by atoms with Crippen molar-refractivity contribution < 1.29 is 24.2 Å². The second-order valence-corrected chi connectivity index (χ2v) is 8.60. The molecule has 0 aliphatic rings. The Labute approximate surface area is 205 Å². The topological polar surface area (TPSA) is 99.4 Å². The van der Waals surface area contributed by atoms with Crippen molar-refractivity contribution >= 4 is 33.2 Å². The van der Waals surface area contributed by atoms with Crippen LogP contribution in [0, 0.1) is 0 Å². The Morgan fingerprint density at radius 2 is 1.74 bits per heavy atom. The van der Waals surface area contributed by atoms with E-state index >= 15 is 0 Å². The first-order valence-electron chi connectivity index (χ1n) is 10.9. The van der Waals surface area contributed by atoms with Crippen LogP contribution in [0.3, 0.4) is 0 Å². The van der Waals surface area contributed by atoms with Gasteiger partial charge in [-0.25, -0.2) is 4.79 Å². The maximum Gasteiger partial charge on any atom is 0.344 e. The van der Waals surface area contributed by atoms with E-state index < -0.39 is 12.1 Å². The SMILES string of the molecule is CON=C(c1ccccc1)c1ccc2c(c1)sc(=O)n2CCOc1ccc(OC(C)C(=O)O)cc1. The van der Waals surface area contributed by atoms with Crippen LogP contribution in [0.25, 0.3) is 10.2 Å². The standard InChI is InChI=1S/C26H24N2O6S/c1-17(25(29)30)34-21-11-9-20(10-12-21)33-15-14-28-22-13-8-19(16-23(22)35-26(28)31)24(27-32-2)18-6-4-3-5-7-18/h3-13,16-17H,14-15H2,1-2H3,(H,29,30). The Balaban J connectivity index is 1.46. The first kappa shape index (κ1) is 24.0. The van der Waals surface area contributed by atoms with Crippen molar-refractivity contribution in [2.75, 3.05) is 13.7 Å². The van der Waals surface area contributed by atoms with Gasteiger partial charge in [0.1, 0.15) is 30.9 Å². The second kappa shape index (κ2) is 10.9. The molecule has 35 heavy (non-hydrogen) atoms. The molecule has 1 atom stereocenters. The van der Waals surface area contributed by atoms with Crippen molar-refractivity contribution in [3.63, 3.8) is 0 Å².